The maximum absolute atomic E-state index is 11.5. The van der Waals surface area contributed by atoms with Gasteiger partial charge in [-0.25, -0.2) is 4.79 Å². The average molecular weight is 302 g/mol. The van der Waals surface area contributed by atoms with Crippen molar-refractivity contribution in [3.8, 4) is 0 Å². The van der Waals surface area contributed by atoms with E-state index in [-0.39, 0.29) is 22.2 Å². The van der Waals surface area contributed by atoms with E-state index < -0.39 is 16.6 Å². The fourth-order valence-electron chi connectivity index (χ4n) is 1.24. The summed E-state index contributed by atoms with van der Waals surface area (Å²) in [5, 5.41) is 10.8. The molecule has 90 valence electrons. The summed E-state index contributed by atoms with van der Waals surface area (Å²) in [7, 11) is 0. The first-order valence-corrected chi connectivity index (χ1v) is 5.40. The van der Waals surface area contributed by atoms with Gasteiger partial charge >= 0.3 is 5.97 Å². The Balaban J connectivity index is 3.42. The summed E-state index contributed by atoms with van der Waals surface area (Å²) in [6.45, 7) is 1.68. The van der Waals surface area contributed by atoms with E-state index in [1.165, 1.54) is 6.07 Å². The molecule has 0 aliphatic carbocycles. The summed E-state index contributed by atoms with van der Waals surface area (Å²) < 4.78 is 4.76. The lowest BCUT2D eigenvalue weighted by Gasteiger charge is -2.05. The third kappa shape index (κ3) is 2.88. The number of halogens is 1. The van der Waals surface area contributed by atoms with Gasteiger partial charge in [-0.3, -0.25) is 14.9 Å². The number of hydrogen-bond acceptors (Lipinski definition) is 5. The van der Waals surface area contributed by atoms with Crippen molar-refractivity contribution in [1.82, 2.24) is 0 Å². The molecule has 7 heteroatoms. The minimum Gasteiger partial charge on any atom is -0.462 e. The van der Waals surface area contributed by atoms with Crippen molar-refractivity contribution >= 4 is 33.9 Å². The molecule has 0 aromatic heterocycles. The molecule has 0 saturated carbocycles. The van der Waals surface area contributed by atoms with E-state index in [1.54, 1.807) is 6.92 Å². The fraction of sp³-hybridized carbons (Fsp3) is 0.200. The topological polar surface area (TPSA) is 86.5 Å². The molecule has 1 aromatic rings. The average Bonchev–Trinajstić information content (AvgIpc) is 2.27. The summed E-state index contributed by atoms with van der Waals surface area (Å²) >= 11 is 2.95. The van der Waals surface area contributed by atoms with Crippen LogP contribution in [0.5, 0.6) is 0 Å². The van der Waals surface area contributed by atoms with Gasteiger partial charge in [-0.2, -0.15) is 0 Å². The standard InChI is InChI=1S/C10H8BrNO5/c1-2-17-10(14)7-3-6(5-13)4-8(11)9(7)12(15)16/h3-5H,2H2,1H3. The monoisotopic (exact) mass is 301 g/mol. The van der Waals surface area contributed by atoms with Gasteiger partial charge < -0.3 is 4.74 Å². The summed E-state index contributed by atoms with van der Waals surface area (Å²) in [4.78, 5) is 32.3. The summed E-state index contributed by atoms with van der Waals surface area (Å²) in [6, 6.07) is 2.40. The van der Waals surface area contributed by atoms with Gasteiger partial charge in [-0.1, -0.05) is 0 Å². The van der Waals surface area contributed by atoms with Gasteiger partial charge in [0.2, 0.25) is 0 Å². The van der Waals surface area contributed by atoms with Crippen LogP contribution in [-0.4, -0.2) is 23.8 Å². The number of nitro benzene ring substituents is 1. The number of benzene rings is 1. The smallest absolute Gasteiger partial charge is 0.345 e. The zero-order valence-electron chi connectivity index (χ0n) is 8.81. The second-order valence-electron chi connectivity index (χ2n) is 2.99. The first-order chi connectivity index (χ1) is 8.01. The predicted octanol–water partition coefficient (Wildman–Crippen LogP) is 2.35. The molecule has 0 aliphatic rings. The third-order valence-corrected chi connectivity index (χ3v) is 2.50. The van der Waals surface area contributed by atoms with Crippen LogP contribution in [0.25, 0.3) is 0 Å². The highest BCUT2D eigenvalue weighted by molar-refractivity contribution is 9.10. The third-order valence-electron chi connectivity index (χ3n) is 1.90. The summed E-state index contributed by atoms with van der Waals surface area (Å²) in [5.41, 5.74) is -0.493. The second-order valence-corrected chi connectivity index (χ2v) is 3.85. The Kier molecular flexibility index (Phi) is 4.33. The van der Waals surface area contributed by atoms with Gasteiger partial charge in [0.05, 0.1) is 16.0 Å². The van der Waals surface area contributed by atoms with Gasteiger partial charge in [0.1, 0.15) is 11.8 Å². The molecular formula is C10H8BrNO5. The molecule has 0 bridgehead atoms. The van der Waals surface area contributed by atoms with Crippen molar-refractivity contribution in [3.05, 3.63) is 37.8 Å². The molecule has 0 aliphatic heterocycles. The lowest BCUT2D eigenvalue weighted by molar-refractivity contribution is -0.386. The van der Waals surface area contributed by atoms with Crippen LogP contribution in [0, 0.1) is 10.1 Å². The predicted molar refractivity (Wildman–Crippen MR) is 62.1 cm³/mol. The molecule has 1 rings (SSSR count). The lowest BCUT2D eigenvalue weighted by atomic mass is 10.1. The fourth-order valence-corrected chi connectivity index (χ4v) is 1.86. The van der Waals surface area contributed by atoms with Crippen LogP contribution in [0.3, 0.4) is 0 Å². The number of carbonyl (C=O) groups excluding carboxylic acids is 2. The highest BCUT2D eigenvalue weighted by Gasteiger charge is 2.25. The van der Waals surface area contributed by atoms with Gasteiger partial charge in [0, 0.05) is 5.56 Å². The van der Waals surface area contributed by atoms with Crippen molar-refractivity contribution in [2.75, 3.05) is 6.61 Å². The number of nitrogens with zero attached hydrogens (tertiary/aromatic N) is 1. The van der Waals surface area contributed by atoms with E-state index in [4.69, 9.17) is 4.74 Å². The first-order valence-electron chi connectivity index (χ1n) is 4.61. The molecular weight excluding hydrogens is 294 g/mol. The van der Waals surface area contributed by atoms with Crippen molar-refractivity contribution in [2.24, 2.45) is 0 Å². The van der Waals surface area contributed by atoms with Crippen LogP contribution in [-0.2, 0) is 4.74 Å². The van der Waals surface area contributed by atoms with E-state index in [0.29, 0.717) is 6.29 Å². The minimum atomic E-state index is -0.830. The summed E-state index contributed by atoms with van der Waals surface area (Å²) in [6.07, 6.45) is 0.497. The number of rotatable bonds is 4. The molecule has 0 saturated heterocycles. The molecule has 0 heterocycles. The van der Waals surface area contributed by atoms with E-state index >= 15 is 0 Å². The molecule has 0 amide bonds. The van der Waals surface area contributed by atoms with Gasteiger partial charge in [-0.15, -0.1) is 0 Å². The molecule has 1 aromatic carbocycles. The Labute approximate surface area is 105 Å². The van der Waals surface area contributed by atoms with Crippen LogP contribution in [0.15, 0.2) is 16.6 Å². The number of hydrogen-bond donors (Lipinski definition) is 0. The Bertz CT molecular complexity index is 486. The molecule has 0 fully saturated rings. The molecule has 6 nitrogen and oxygen atoms in total. The number of nitro groups is 1. The second kappa shape index (κ2) is 5.53. The van der Waals surface area contributed by atoms with Crippen LogP contribution >= 0.6 is 15.9 Å². The van der Waals surface area contributed by atoms with E-state index in [2.05, 4.69) is 15.9 Å². The highest BCUT2D eigenvalue weighted by Crippen LogP contribution is 2.30. The number of ether oxygens (including phenoxy) is 1. The Hall–Kier alpha value is -1.76. The Morgan fingerprint density at radius 1 is 1.59 bits per heavy atom. The largest absolute Gasteiger partial charge is 0.462 e. The van der Waals surface area contributed by atoms with E-state index in [1.807, 2.05) is 0 Å². The van der Waals surface area contributed by atoms with Crippen LogP contribution in [0.2, 0.25) is 0 Å². The first kappa shape index (κ1) is 13.3. The maximum atomic E-state index is 11.5. The van der Waals surface area contributed by atoms with Gasteiger partial charge in [-0.05, 0) is 35.0 Å². The van der Waals surface area contributed by atoms with E-state index in [0.717, 1.165) is 6.07 Å². The zero-order valence-corrected chi connectivity index (χ0v) is 10.4. The van der Waals surface area contributed by atoms with Crippen molar-refractivity contribution in [3.63, 3.8) is 0 Å². The Morgan fingerprint density at radius 2 is 2.24 bits per heavy atom. The minimum absolute atomic E-state index is 0.0650. The highest BCUT2D eigenvalue weighted by atomic mass is 79.9. The molecule has 0 atom stereocenters. The Morgan fingerprint density at radius 3 is 2.71 bits per heavy atom. The maximum Gasteiger partial charge on any atom is 0.345 e. The zero-order chi connectivity index (χ0) is 13.0. The van der Waals surface area contributed by atoms with E-state index in [9.17, 15) is 19.7 Å². The molecule has 0 N–H and O–H groups in total. The van der Waals surface area contributed by atoms with Crippen LogP contribution < -0.4 is 0 Å². The van der Waals surface area contributed by atoms with Crippen molar-refractivity contribution in [2.45, 2.75) is 6.92 Å². The molecule has 17 heavy (non-hydrogen) atoms. The number of esters is 1. The SMILES string of the molecule is CCOC(=O)c1cc(C=O)cc(Br)c1[N+](=O)[O-]. The number of carbonyl (C=O) groups is 2. The van der Waals surface area contributed by atoms with Gasteiger partial charge in [0.25, 0.3) is 5.69 Å². The lowest BCUT2D eigenvalue weighted by Crippen LogP contribution is -2.09. The van der Waals surface area contributed by atoms with Crippen molar-refractivity contribution < 1.29 is 19.2 Å². The van der Waals surface area contributed by atoms with Gasteiger partial charge in [0.15, 0.2) is 0 Å². The number of aldehydes is 1. The van der Waals surface area contributed by atoms with Crippen LogP contribution in [0.4, 0.5) is 5.69 Å². The summed E-state index contributed by atoms with van der Waals surface area (Å²) in [5.74, 6) is -0.830. The van der Waals surface area contributed by atoms with Crippen molar-refractivity contribution in [1.29, 1.82) is 0 Å². The molecule has 0 radical (unpaired) electrons. The molecule has 0 unspecified atom stereocenters. The quantitative estimate of drug-likeness (QED) is 0.369. The molecule has 0 spiro atoms. The normalized spacial score (nSPS) is 9.76. The van der Waals surface area contributed by atoms with Crippen LogP contribution in [0.1, 0.15) is 27.6 Å².